The Morgan fingerprint density at radius 1 is 1.17 bits per heavy atom. The lowest BCUT2D eigenvalue weighted by molar-refractivity contribution is 0.0374. The Balaban J connectivity index is 1.82. The SMILES string of the molecule is Cc1cc(CCCN2CCOCC2)cc(C)c1O. The molecule has 1 saturated heterocycles. The highest BCUT2D eigenvalue weighted by atomic mass is 16.5. The van der Waals surface area contributed by atoms with E-state index in [4.69, 9.17) is 4.74 Å². The number of hydrogen-bond donors (Lipinski definition) is 1. The smallest absolute Gasteiger partial charge is 0.121 e. The van der Waals surface area contributed by atoms with Gasteiger partial charge in [0.2, 0.25) is 0 Å². The van der Waals surface area contributed by atoms with Crippen LogP contribution in [0, 0.1) is 13.8 Å². The Morgan fingerprint density at radius 3 is 2.39 bits per heavy atom. The molecule has 1 N–H and O–H groups in total. The van der Waals surface area contributed by atoms with Crippen LogP contribution >= 0.6 is 0 Å². The number of nitrogens with zero attached hydrogens (tertiary/aromatic N) is 1. The summed E-state index contributed by atoms with van der Waals surface area (Å²) in [5.41, 5.74) is 3.30. The molecule has 0 spiro atoms. The summed E-state index contributed by atoms with van der Waals surface area (Å²) in [6.07, 6.45) is 2.25. The van der Waals surface area contributed by atoms with Gasteiger partial charge in [-0.1, -0.05) is 12.1 Å². The largest absolute Gasteiger partial charge is 0.507 e. The first-order valence-electron chi connectivity index (χ1n) is 6.76. The summed E-state index contributed by atoms with van der Waals surface area (Å²) >= 11 is 0. The molecule has 3 heteroatoms. The van der Waals surface area contributed by atoms with Gasteiger partial charge in [-0.25, -0.2) is 0 Å². The molecule has 1 aliphatic rings. The van der Waals surface area contributed by atoms with Crippen LogP contribution in [0.2, 0.25) is 0 Å². The first-order valence-corrected chi connectivity index (χ1v) is 6.76. The molecular formula is C15H23NO2. The number of phenolic OH excluding ortho intramolecular Hbond substituents is 1. The van der Waals surface area contributed by atoms with E-state index in [-0.39, 0.29) is 0 Å². The molecule has 1 aromatic rings. The standard InChI is InChI=1S/C15H23NO2/c1-12-10-14(11-13(2)15(12)17)4-3-5-16-6-8-18-9-7-16/h10-11,17H,3-9H2,1-2H3. The van der Waals surface area contributed by atoms with Gasteiger partial charge in [-0.15, -0.1) is 0 Å². The quantitative estimate of drug-likeness (QED) is 0.888. The average Bonchev–Trinajstić information content (AvgIpc) is 2.37. The van der Waals surface area contributed by atoms with Crippen LogP contribution in [0.5, 0.6) is 5.75 Å². The predicted octanol–water partition coefficient (Wildman–Crippen LogP) is 2.27. The van der Waals surface area contributed by atoms with Crippen LogP contribution in [0.3, 0.4) is 0 Å². The van der Waals surface area contributed by atoms with Crippen molar-refractivity contribution in [1.29, 1.82) is 0 Å². The molecule has 0 radical (unpaired) electrons. The molecule has 0 amide bonds. The summed E-state index contributed by atoms with van der Waals surface area (Å²) in [4.78, 5) is 2.46. The lowest BCUT2D eigenvalue weighted by atomic mass is 10.0. The zero-order chi connectivity index (χ0) is 13.0. The van der Waals surface area contributed by atoms with Crippen LogP contribution in [0.1, 0.15) is 23.1 Å². The molecule has 1 aromatic carbocycles. The van der Waals surface area contributed by atoms with Gasteiger partial charge in [-0.2, -0.15) is 0 Å². The third kappa shape index (κ3) is 3.47. The molecule has 0 atom stereocenters. The third-order valence-electron chi connectivity index (χ3n) is 3.59. The Kier molecular flexibility index (Phi) is 4.61. The fourth-order valence-corrected chi connectivity index (χ4v) is 2.52. The van der Waals surface area contributed by atoms with E-state index in [0.29, 0.717) is 5.75 Å². The lowest BCUT2D eigenvalue weighted by Gasteiger charge is -2.26. The van der Waals surface area contributed by atoms with E-state index < -0.39 is 0 Å². The molecule has 18 heavy (non-hydrogen) atoms. The topological polar surface area (TPSA) is 32.7 Å². The predicted molar refractivity (Wildman–Crippen MR) is 73.2 cm³/mol. The van der Waals surface area contributed by atoms with Crippen molar-refractivity contribution < 1.29 is 9.84 Å². The molecule has 1 heterocycles. The van der Waals surface area contributed by atoms with Crippen LogP contribution in [0.25, 0.3) is 0 Å². The van der Waals surface area contributed by atoms with Gasteiger partial charge >= 0.3 is 0 Å². The molecule has 0 bridgehead atoms. The zero-order valence-corrected chi connectivity index (χ0v) is 11.4. The first kappa shape index (κ1) is 13.4. The second-order valence-electron chi connectivity index (χ2n) is 5.14. The summed E-state index contributed by atoms with van der Waals surface area (Å²) in [5.74, 6) is 0.437. The Morgan fingerprint density at radius 2 is 1.78 bits per heavy atom. The minimum absolute atomic E-state index is 0.437. The van der Waals surface area contributed by atoms with Gasteiger partial charge in [0.25, 0.3) is 0 Å². The Bertz CT molecular complexity index is 374. The normalized spacial score (nSPS) is 17.0. The highest BCUT2D eigenvalue weighted by Gasteiger charge is 2.10. The molecule has 100 valence electrons. The van der Waals surface area contributed by atoms with Gasteiger partial charge in [-0.3, -0.25) is 4.90 Å². The maximum Gasteiger partial charge on any atom is 0.121 e. The van der Waals surface area contributed by atoms with Gasteiger partial charge < -0.3 is 9.84 Å². The maximum absolute atomic E-state index is 9.74. The van der Waals surface area contributed by atoms with Crippen LogP contribution < -0.4 is 0 Å². The maximum atomic E-state index is 9.74. The molecule has 3 nitrogen and oxygen atoms in total. The van der Waals surface area contributed by atoms with E-state index in [1.165, 1.54) is 12.0 Å². The summed E-state index contributed by atoms with van der Waals surface area (Å²) in [6, 6.07) is 4.20. The van der Waals surface area contributed by atoms with Crippen molar-refractivity contribution in [2.75, 3.05) is 32.8 Å². The molecule has 0 aliphatic carbocycles. The monoisotopic (exact) mass is 249 g/mol. The van der Waals surface area contributed by atoms with Crippen LogP contribution in [0.15, 0.2) is 12.1 Å². The van der Waals surface area contributed by atoms with Crippen LogP contribution in [-0.4, -0.2) is 42.9 Å². The molecule has 0 unspecified atom stereocenters. The van der Waals surface area contributed by atoms with Crippen molar-refractivity contribution >= 4 is 0 Å². The van der Waals surface area contributed by atoms with Crippen molar-refractivity contribution in [2.24, 2.45) is 0 Å². The Labute approximate surface area is 109 Å². The van der Waals surface area contributed by atoms with E-state index in [0.717, 1.165) is 50.4 Å². The third-order valence-corrected chi connectivity index (χ3v) is 3.59. The summed E-state index contributed by atoms with van der Waals surface area (Å²) < 4.78 is 5.34. The minimum Gasteiger partial charge on any atom is -0.507 e. The fraction of sp³-hybridized carbons (Fsp3) is 0.600. The van der Waals surface area contributed by atoms with Gasteiger partial charge in [0.15, 0.2) is 0 Å². The van der Waals surface area contributed by atoms with Crippen LogP contribution in [-0.2, 0) is 11.2 Å². The van der Waals surface area contributed by atoms with Gasteiger partial charge in [0.05, 0.1) is 13.2 Å². The Hall–Kier alpha value is -1.06. The summed E-state index contributed by atoms with van der Waals surface area (Å²) in [6.45, 7) is 8.94. The number of morpholine rings is 1. The van der Waals surface area contributed by atoms with E-state index in [1.807, 2.05) is 13.8 Å². The van der Waals surface area contributed by atoms with Crippen LogP contribution in [0.4, 0.5) is 0 Å². The second kappa shape index (κ2) is 6.21. The van der Waals surface area contributed by atoms with Crippen molar-refractivity contribution in [3.8, 4) is 5.75 Å². The highest BCUT2D eigenvalue weighted by Crippen LogP contribution is 2.23. The van der Waals surface area contributed by atoms with Crippen molar-refractivity contribution in [2.45, 2.75) is 26.7 Å². The molecule has 0 aromatic heterocycles. The molecular weight excluding hydrogens is 226 g/mol. The van der Waals surface area contributed by atoms with E-state index in [1.54, 1.807) is 0 Å². The molecule has 2 rings (SSSR count). The van der Waals surface area contributed by atoms with Gasteiger partial charge in [-0.05, 0) is 49.9 Å². The minimum atomic E-state index is 0.437. The number of aryl methyl sites for hydroxylation is 3. The second-order valence-corrected chi connectivity index (χ2v) is 5.14. The number of hydrogen-bond acceptors (Lipinski definition) is 3. The number of aromatic hydroxyl groups is 1. The van der Waals surface area contributed by atoms with Crippen molar-refractivity contribution in [1.82, 2.24) is 4.90 Å². The lowest BCUT2D eigenvalue weighted by Crippen LogP contribution is -2.36. The summed E-state index contributed by atoms with van der Waals surface area (Å²) in [5, 5.41) is 9.74. The van der Waals surface area contributed by atoms with Crippen molar-refractivity contribution in [3.05, 3.63) is 28.8 Å². The highest BCUT2D eigenvalue weighted by molar-refractivity contribution is 5.42. The van der Waals surface area contributed by atoms with Gasteiger partial charge in [0, 0.05) is 13.1 Å². The van der Waals surface area contributed by atoms with E-state index in [2.05, 4.69) is 17.0 Å². The average molecular weight is 249 g/mol. The molecule has 1 fully saturated rings. The number of benzene rings is 1. The van der Waals surface area contributed by atoms with Crippen molar-refractivity contribution in [3.63, 3.8) is 0 Å². The first-order chi connectivity index (χ1) is 8.66. The zero-order valence-electron chi connectivity index (χ0n) is 11.4. The van der Waals surface area contributed by atoms with Gasteiger partial charge in [0.1, 0.15) is 5.75 Å². The molecule has 0 saturated carbocycles. The summed E-state index contributed by atoms with van der Waals surface area (Å²) in [7, 11) is 0. The fourth-order valence-electron chi connectivity index (χ4n) is 2.52. The number of phenols is 1. The van der Waals surface area contributed by atoms with E-state index >= 15 is 0 Å². The number of rotatable bonds is 4. The molecule has 1 aliphatic heterocycles. The van der Waals surface area contributed by atoms with E-state index in [9.17, 15) is 5.11 Å². The number of ether oxygens (including phenoxy) is 1.